The van der Waals surface area contributed by atoms with Crippen LogP contribution in [0.3, 0.4) is 0 Å². The van der Waals surface area contributed by atoms with Gasteiger partial charge in [-0.15, -0.1) is 0 Å². The van der Waals surface area contributed by atoms with Crippen LogP contribution in [0.5, 0.6) is 0 Å². The number of hydrogen-bond donors (Lipinski definition) is 1. The fourth-order valence-corrected chi connectivity index (χ4v) is 4.02. The fraction of sp³-hybridized carbons (Fsp3) is 0.357. The third kappa shape index (κ3) is 2.65. The first-order valence-electron chi connectivity index (χ1n) is 6.95. The average molecular weight is 324 g/mol. The summed E-state index contributed by atoms with van der Waals surface area (Å²) >= 11 is 0. The van der Waals surface area contributed by atoms with E-state index in [2.05, 4.69) is 5.10 Å². The van der Waals surface area contributed by atoms with Gasteiger partial charge in [0.25, 0.3) is 0 Å². The summed E-state index contributed by atoms with van der Waals surface area (Å²) in [6.45, 7) is 2.48. The molecule has 1 aliphatic heterocycles. The summed E-state index contributed by atoms with van der Waals surface area (Å²) in [5, 5.41) is 4.03. The Morgan fingerprint density at radius 3 is 2.73 bits per heavy atom. The van der Waals surface area contributed by atoms with Gasteiger partial charge in [-0.05, 0) is 37.1 Å². The third-order valence-electron chi connectivity index (χ3n) is 3.70. The van der Waals surface area contributed by atoms with E-state index in [0.29, 0.717) is 13.0 Å². The van der Waals surface area contributed by atoms with Gasteiger partial charge in [-0.1, -0.05) is 0 Å². The molecule has 2 N–H and O–H groups in total. The van der Waals surface area contributed by atoms with E-state index in [9.17, 15) is 12.8 Å². The highest BCUT2D eigenvalue weighted by molar-refractivity contribution is 7.89. The number of aromatic nitrogens is 2. The van der Waals surface area contributed by atoms with Crippen LogP contribution in [0.4, 0.5) is 4.39 Å². The Bertz CT molecular complexity index is 803. The van der Waals surface area contributed by atoms with Gasteiger partial charge in [-0.3, -0.25) is 0 Å². The van der Waals surface area contributed by atoms with Crippen LogP contribution in [0.2, 0.25) is 0 Å². The summed E-state index contributed by atoms with van der Waals surface area (Å²) in [7, 11) is -3.70. The highest BCUT2D eigenvalue weighted by atomic mass is 32.2. The highest BCUT2D eigenvalue weighted by Gasteiger charge is 2.31. The Morgan fingerprint density at radius 1 is 1.41 bits per heavy atom. The number of hydrogen-bond acceptors (Lipinski definition) is 4. The first kappa shape index (κ1) is 15.1. The maximum Gasteiger partial charge on any atom is 0.243 e. The normalized spacial score (nSPS) is 19.7. The molecule has 8 heteroatoms. The van der Waals surface area contributed by atoms with Gasteiger partial charge in [0.1, 0.15) is 11.5 Å². The largest absolute Gasteiger partial charge is 0.326 e. The SMILES string of the molecule is Cc1cnn(-c2ccc(S(=O)(=O)N3CCC(N)C3)cc2F)c1. The van der Waals surface area contributed by atoms with Crippen LogP contribution >= 0.6 is 0 Å². The molecule has 0 bridgehead atoms. The zero-order chi connectivity index (χ0) is 15.9. The number of nitrogens with zero attached hydrogens (tertiary/aromatic N) is 3. The van der Waals surface area contributed by atoms with Crippen molar-refractivity contribution in [1.29, 1.82) is 0 Å². The van der Waals surface area contributed by atoms with Crippen molar-refractivity contribution >= 4 is 10.0 Å². The van der Waals surface area contributed by atoms with Crippen molar-refractivity contribution in [2.45, 2.75) is 24.3 Å². The Hall–Kier alpha value is -1.77. The van der Waals surface area contributed by atoms with Crippen LogP contribution in [-0.2, 0) is 10.0 Å². The van der Waals surface area contributed by atoms with Crippen LogP contribution in [-0.4, -0.2) is 41.6 Å². The van der Waals surface area contributed by atoms with E-state index in [-0.39, 0.29) is 23.2 Å². The molecule has 6 nitrogen and oxygen atoms in total. The molecular weight excluding hydrogens is 307 g/mol. The van der Waals surface area contributed by atoms with Crippen LogP contribution in [0.25, 0.3) is 5.69 Å². The van der Waals surface area contributed by atoms with Crippen molar-refractivity contribution in [1.82, 2.24) is 14.1 Å². The van der Waals surface area contributed by atoms with E-state index in [1.54, 1.807) is 12.4 Å². The molecule has 1 aliphatic rings. The molecule has 0 spiro atoms. The number of halogens is 1. The highest BCUT2D eigenvalue weighted by Crippen LogP contribution is 2.23. The molecule has 1 atom stereocenters. The molecule has 1 saturated heterocycles. The second kappa shape index (κ2) is 5.45. The minimum atomic E-state index is -3.70. The minimum Gasteiger partial charge on any atom is -0.326 e. The number of nitrogens with two attached hydrogens (primary N) is 1. The standard InChI is InChI=1S/C14H17FN4O2S/c1-10-7-17-19(8-10)14-3-2-12(6-13(14)15)22(20,21)18-5-4-11(16)9-18/h2-3,6-8,11H,4-5,9,16H2,1H3. The first-order valence-corrected chi connectivity index (χ1v) is 8.39. The van der Waals surface area contributed by atoms with E-state index in [1.807, 2.05) is 6.92 Å². The van der Waals surface area contributed by atoms with Crippen molar-refractivity contribution in [3.8, 4) is 5.69 Å². The topological polar surface area (TPSA) is 81.2 Å². The van der Waals surface area contributed by atoms with Gasteiger partial charge in [0.15, 0.2) is 0 Å². The Kier molecular flexibility index (Phi) is 3.75. The third-order valence-corrected chi connectivity index (χ3v) is 5.56. The second-order valence-corrected chi connectivity index (χ2v) is 7.43. The molecule has 1 unspecified atom stereocenters. The van der Waals surface area contributed by atoms with Gasteiger partial charge in [0.2, 0.25) is 10.0 Å². The molecule has 1 aromatic heterocycles. The smallest absolute Gasteiger partial charge is 0.243 e. The van der Waals surface area contributed by atoms with E-state index >= 15 is 0 Å². The Balaban J connectivity index is 1.95. The van der Waals surface area contributed by atoms with Crippen LogP contribution in [0, 0.1) is 12.7 Å². The summed E-state index contributed by atoms with van der Waals surface area (Å²) in [4.78, 5) is -0.0632. The van der Waals surface area contributed by atoms with Crippen molar-refractivity contribution in [2.24, 2.45) is 5.73 Å². The zero-order valence-electron chi connectivity index (χ0n) is 12.1. The predicted octanol–water partition coefficient (Wildman–Crippen LogP) is 1.04. The van der Waals surface area contributed by atoms with Gasteiger partial charge in [0, 0.05) is 25.3 Å². The molecule has 118 valence electrons. The second-order valence-electron chi connectivity index (χ2n) is 5.49. The molecular formula is C14H17FN4O2S. The van der Waals surface area contributed by atoms with Crippen molar-refractivity contribution in [3.05, 3.63) is 42.0 Å². The molecule has 1 fully saturated rings. The summed E-state index contributed by atoms with van der Waals surface area (Å²) in [6, 6.07) is 3.69. The predicted molar refractivity (Wildman–Crippen MR) is 79.6 cm³/mol. The van der Waals surface area contributed by atoms with Gasteiger partial charge in [-0.2, -0.15) is 9.40 Å². The summed E-state index contributed by atoms with van der Waals surface area (Å²) in [5.74, 6) is -0.632. The van der Waals surface area contributed by atoms with E-state index in [4.69, 9.17) is 5.73 Å². The first-order chi connectivity index (χ1) is 10.4. The monoisotopic (exact) mass is 324 g/mol. The minimum absolute atomic E-state index is 0.0632. The molecule has 0 aliphatic carbocycles. The maximum atomic E-state index is 14.3. The zero-order valence-corrected chi connectivity index (χ0v) is 12.9. The molecule has 1 aromatic carbocycles. The van der Waals surface area contributed by atoms with Crippen molar-refractivity contribution in [2.75, 3.05) is 13.1 Å². The lowest BCUT2D eigenvalue weighted by Crippen LogP contribution is -2.32. The van der Waals surface area contributed by atoms with Gasteiger partial charge < -0.3 is 5.73 Å². The Labute approximate surface area is 128 Å². The van der Waals surface area contributed by atoms with E-state index < -0.39 is 15.8 Å². The van der Waals surface area contributed by atoms with Crippen LogP contribution in [0.1, 0.15) is 12.0 Å². The summed E-state index contributed by atoms with van der Waals surface area (Å²) in [5.41, 5.74) is 6.84. The van der Waals surface area contributed by atoms with Crippen molar-refractivity contribution in [3.63, 3.8) is 0 Å². The molecule has 2 heterocycles. The molecule has 0 radical (unpaired) electrons. The van der Waals surface area contributed by atoms with E-state index in [0.717, 1.165) is 11.6 Å². The number of aryl methyl sites for hydroxylation is 1. The maximum absolute atomic E-state index is 14.3. The number of sulfonamides is 1. The molecule has 2 aromatic rings. The lowest BCUT2D eigenvalue weighted by atomic mass is 10.3. The van der Waals surface area contributed by atoms with Gasteiger partial charge in [0.05, 0.1) is 11.1 Å². The van der Waals surface area contributed by atoms with Crippen molar-refractivity contribution < 1.29 is 12.8 Å². The number of benzene rings is 1. The van der Waals surface area contributed by atoms with Gasteiger partial charge >= 0.3 is 0 Å². The average Bonchev–Trinajstić information content (AvgIpc) is 3.08. The summed E-state index contributed by atoms with van der Waals surface area (Å²) < 4.78 is 41.9. The lowest BCUT2D eigenvalue weighted by Gasteiger charge is -2.16. The molecule has 22 heavy (non-hydrogen) atoms. The molecule has 0 saturated carbocycles. The lowest BCUT2D eigenvalue weighted by molar-refractivity contribution is 0.471. The molecule has 0 amide bonds. The van der Waals surface area contributed by atoms with Crippen LogP contribution in [0.15, 0.2) is 35.5 Å². The molecule has 3 rings (SSSR count). The van der Waals surface area contributed by atoms with Gasteiger partial charge in [-0.25, -0.2) is 17.5 Å². The fourth-order valence-electron chi connectivity index (χ4n) is 2.50. The Morgan fingerprint density at radius 2 is 2.18 bits per heavy atom. The van der Waals surface area contributed by atoms with E-state index in [1.165, 1.54) is 21.1 Å². The van der Waals surface area contributed by atoms with Crippen LogP contribution < -0.4 is 5.73 Å². The number of rotatable bonds is 3. The quantitative estimate of drug-likeness (QED) is 0.915. The summed E-state index contributed by atoms with van der Waals surface area (Å²) in [6.07, 6.45) is 3.90.